The average Bonchev–Trinajstić information content (AvgIpc) is 3.19. The minimum atomic E-state index is -0.660. The van der Waals surface area contributed by atoms with Crippen molar-refractivity contribution < 1.29 is 38.1 Å². The van der Waals surface area contributed by atoms with Crippen LogP contribution in [-0.2, 0) is 4.74 Å². The van der Waals surface area contributed by atoms with Crippen LogP contribution in [0.3, 0.4) is 0 Å². The van der Waals surface area contributed by atoms with Gasteiger partial charge in [-0.05, 0) is 86.0 Å². The molecule has 0 saturated carbocycles. The summed E-state index contributed by atoms with van der Waals surface area (Å²) < 4.78 is 28.6. The Morgan fingerprint density at radius 2 is 0.796 bits per heavy atom. The molecule has 3 rings (SSSR count). The van der Waals surface area contributed by atoms with Crippen LogP contribution < -0.4 is 18.9 Å². The highest BCUT2D eigenvalue weighted by atomic mass is 16.6. The van der Waals surface area contributed by atoms with Crippen LogP contribution in [0.4, 0.5) is 0 Å². The van der Waals surface area contributed by atoms with E-state index >= 15 is 0 Å². The van der Waals surface area contributed by atoms with E-state index in [-0.39, 0.29) is 23.7 Å². The number of carbonyl (C=O) groups is 3. The second-order valence-electron chi connectivity index (χ2n) is 14.0. The van der Waals surface area contributed by atoms with Gasteiger partial charge in [-0.15, -0.1) is 0 Å². The van der Waals surface area contributed by atoms with Crippen molar-refractivity contribution in [3.63, 3.8) is 0 Å². The standard InChI is InChI=1S/C46H64O8/c1-4-7-10-13-16-19-22-35-52-46(49)42-36-41(53-44(47)37-23-27-39(28-24-37)50-33-20-17-14-11-8-5-2)31-32-43(42)54-45(48)38-25-29-40(30-26-38)51-34-21-18-15-12-9-6-3/h23-32,36H,4-22,33-35H2,1-3H3. The van der Waals surface area contributed by atoms with Gasteiger partial charge in [0.25, 0.3) is 0 Å². The van der Waals surface area contributed by atoms with Crippen molar-refractivity contribution in [3.8, 4) is 23.0 Å². The molecule has 3 aromatic rings. The second kappa shape index (κ2) is 27.3. The van der Waals surface area contributed by atoms with Gasteiger partial charge in [-0.2, -0.15) is 0 Å². The molecule has 0 aliphatic carbocycles. The van der Waals surface area contributed by atoms with Gasteiger partial charge in [-0.3, -0.25) is 0 Å². The molecule has 0 atom stereocenters. The van der Waals surface area contributed by atoms with Crippen LogP contribution in [0.1, 0.15) is 174 Å². The van der Waals surface area contributed by atoms with Crippen LogP contribution >= 0.6 is 0 Å². The SMILES string of the molecule is CCCCCCCCCOC(=O)c1cc(OC(=O)c2ccc(OCCCCCCCC)cc2)ccc1OC(=O)c1ccc(OCCCCCCCC)cc1. The highest BCUT2D eigenvalue weighted by Crippen LogP contribution is 2.28. The molecule has 0 unspecified atom stereocenters. The normalized spacial score (nSPS) is 10.9. The molecular weight excluding hydrogens is 680 g/mol. The van der Waals surface area contributed by atoms with E-state index in [0.717, 1.165) is 51.4 Å². The molecule has 0 amide bonds. The fourth-order valence-corrected chi connectivity index (χ4v) is 5.97. The van der Waals surface area contributed by atoms with Gasteiger partial charge in [0.05, 0.1) is 30.9 Å². The van der Waals surface area contributed by atoms with Gasteiger partial charge >= 0.3 is 17.9 Å². The van der Waals surface area contributed by atoms with Gasteiger partial charge in [0.2, 0.25) is 0 Å². The van der Waals surface area contributed by atoms with Gasteiger partial charge < -0.3 is 23.7 Å². The first-order valence-corrected chi connectivity index (χ1v) is 20.7. The van der Waals surface area contributed by atoms with Crippen LogP contribution in [0.15, 0.2) is 66.7 Å². The van der Waals surface area contributed by atoms with Crippen LogP contribution in [0, 0.1) is 0 Å². The molecule has 54 heavy (non-hydrogen) atoms. The molecule has 8 heteroatoms. The molecule has 0 aliphatic rings. The maximum Gasteiger partial charge on any atom is 0.343 e. The first kappa shape index (κ1) is 44.1. The predicted octanol–water partition coefficient (Wildman–Crippen LogP) is 12.5. The quantitative estimate of drug-likeness (QED) is 0.0394. The molecule has 296 valence electrons. The van der Waals surface area contributed by atoms with Crippen molar-refractivity contribution in [3.05, 3.63) is 83.4 Å². The van der Waals surface area contributed by atoms with Gasteiger partial charge in [0.1, 0.15) is 28.6 Å². The van der Waals surface area contributed by atoms with Crippen LogP contribution in [-0.4, -0.2) is 37.7 Å². The zero-order valence-corrected chi connectivity index (χ0v) is 33.2. The summed E-state index contributed by atoms with van der Waals surface area (Å²) in [6, 6.07) is 17.9. The molecule has 0 saturated heterocycles. The third kappa shape index (κ3) is 17.7. The van der Waals surface area contributed by atoms with E-state index in [1.165, 1.54) is 88.8 Å². The number of unbranched alkanes of at least 4 members (excludes halogenated alkanes) is 16. The van der Waals surface area contributed by atoms with Crippen molar-refractivity contribution in [2.24, 2.45) is 0 Å². The minimum absolute atomic E-state index is 0.00562. The van der Waals surface area contributed by atoms with Crippen molar-refractivity contribution in [2.45, 2.75) is 143 Å². The second-order valence-corrected chi connectivity index (χ2v) is 14.0. The zero-order valence-electron chi connectivity index (χ0n) is 33.2. The molecule has 3 aromatic carbocycles. The van der Waals surface area contributed by atoms with Gasteiger partial charge in [0.15, 0.2) is 0 Å². The van der Waals surface area contributed by atoms with Gasteiger partial charge in [-0.25, -0.2) is 14.4 Å². The number of benzene rings is 3. The molecule has 0 spiro atoms. The van der Waals surface area contributed by atoms with E-state index in [1.54, 1.807) is 48.5 Å². The molecule has 0 bridgehead atoms. The monoisotopic (exact) mass is 744 g/mol. The van der Waals surface area contributed by atoms with Crippen molar-refractivity contribution in [2.75, 3.05) is 19.8 Å². The third-order valence-corrected chi connectivity index (χ3v) is 9.28. The highest BCUT2D eigenvalue weighted by molar-refractivity contribution is 5.97. The molecule has 0 heterocycles. The van der Waals surface area contributed by atoms with Crippen LogP contribution in [0.25, 0.3) is 0 Å². The van der Waals surface area contributed by atoms with E-state index in [0.29, 0.717) is 35.8 Å². The summed E-state index contributed by atoms with van der Waals surface area (Å²) in [6.07, 6.45) is 21.7. The summed E-state index contributed by atoms with van der Waals surface area (Å²) in [5, 5.41) is 0. The molecule has 0 radical (unpaired) electrons. The van der Waals surface area contributed by atoms with Crippen LogP contribution in [0.5, 0.6) is 23.0 Å². The molecular formula is C46H64O8. The number of ether oxygens (including phenoxy) is 5. The van der Waals surface area contributed by atoms with E-state index in [9.17, 15) is 14.4 Å². The van der Waals surface area contributed by atoms with Crippen LogP contribution in [0.2, 0.25) is 0 Å². The number of hydrogen-bond acceptors (Lipinski definition) is 8. The van der Waals surface area contributed by atoms with E-state index in [1.807, 2.05) is 0 Å². The summed E-state index contributed by atoms with van der Waals surface area (Å²) in [6.45, 7) is 8.09. The smallest absolute Gasteiger partial charge is 0.343 e. The lowest BCUT2D eigenvalue weighted by molar-refractivity contribution is 0.0490. The summed E-state index contributed by atoms with van der Waals surface area (Å²) in [5.74, 6) is -0.390. The predicted molar refractivity (Wildman–Crippen MR) is 215 cm³/mol. The number of hydrogen-bond donors (Lipinski definition) is 0. The summed E-state index contributed by atoms with van der Waals surface area (Å²) in [7, 11) is 0. The first-order valence-electron chi connectivity index (χ1n) is 20.7. The fraction of sp³-hybridized carbons (Fsp3) is 0.543. The lowest BCUT2D eigenvalue weighted by Crippen LogP contribution is -2.14. The Hall–Kier alpha value is -4.33. The Labute approximate surface area is 324 Å². The summed E-state index contributed by atoms with van der Waals surface area (Å²) >= 11 is 0. The lowest BCUT2D eigenvalue weighted by atomic mass is 10.1. The van der Waals surface area contributed by atoms with Crippen molar-refractivity contribution >= 4 is 17.9 Å². The molecule has 0 aliphatic heterocycles. The average molecular weight is 745 g/mol. The Morgan fingerprint density at radius 3 is 1.26 bits per heavy atom. The Bertz CT molecular complexity index is 1480. The first-order chi connectivity index (χ1) is 26.4. The molecule has 8 nitrogen and oxygen atoms in total. The van der Waals surface area contributed by atoms with Gasteiger partial charge in [0, 0.05) is 0 Å². The lowest BCUT2D eigenvalue weighted by Gasteiger charge is -2.13. The fourth-order valence-electron chi connectivity index (χ4n) is 5.97. The van der Waals surface area contributed by atoms with E-state index in [2.05, 4.69) is 20.8 Å². The van der Waals surface area contributed by atoms with Gasteiger partial charge in [-0.1, -0.05) is 124 Å². The topological polar surface area (TPSA) is 97.4 Å². The maximum atomic E-state index is 13.3. The number of rotatable bonds is 29. The summed E-state index contributed by atoms with van der Waals surface area (Å²) in [5.41, 5.74) is 0.632. The minimum Gasteiger partial charge on any atom is -0.494 e. The summed E-state index contributed by atoms with van der Waals surface area (Å²) in [4.78, 5) is 39.6. The molecule has 0 N–H and O–H groups in total. The zero-order chi connectivity index (χ0) is 38.6. The van der Waals surface area contributed by atoms with E-state index < -0.39 is 17.9 Å². The Kier molecular flexibility index (Phi) is 22.3. The largest absolute Gasteiger partial charge is 0.494 e. The number of esters is 3. The number of carbonyl (C=O) groups excluding carboxylic acids is 3. The van der Waals surface area contributed by atoms with Crippen molar-refractivity contribution in [1.29, 1.82) is 0 Å². The van der Waals surface area contributed by atoms with E-state index in [4.69, 9.17) is 23.7 Å². The highest BCUT2D eigenvalue weighted by Gasteiger charge is 2.21. The van der Waals surface area contributed by atoms with Crippen molar-refractivity contribution in [1.82, 2.24) is 0 Å². The Morgan fingerprint density at radius 1 is 0.407 bits per heavy atom. The molecule has 0 fully saturated rings. The Balaban J connectivity index is 1.61. The third-order valence-electron chi connectivity index (χ3n) is 9.28. The maximum absolute atomic E-state index is 13.3. The molecule has 0 aromatic heterocycles.